The van der Waals surface area contributed by atoms with Crippen molar-refractivity contribution in [2.75, 3.05) is 11.5 Å². The summed E-state index contributed by atoms with van der Waals surface area (Å²) in [7, 11) is 0. The lowest BCUT2D eigenvalue weighted by atomic mass is 10.0. The first-order valence-corrected chi connectivity index (χ1v) is 13.3. The summed E-state index contributed by atoms with van der Waals surface area (Å²) < 4.78 is 13.8. The molecule has 1 aliphatic heterocycles. The molecule has 0 radical (unpaired) electrons. The molecule has 0 bridgehead atoms. The van der Waals surface area contributed by atoms with Gasteiger partial charge in [-0.25, -0.2) is 9.69 Å². The van der Waals surface area contributed by atoms with Crippen molar-refractivity contribution in [3.63, 3.8) is 0 Å². The molecule has 0 atom stereocenters. The van der Waals surface area contributed by atoms with Crippen molar-refractivity contribution >= 4 is 61.5 Å². The number of hydrogen-bond acceptors (Lipinski definition) is 5. The zero-order valence-corrected chi connectivity index (χ0v) is 23.7. The number of nitrogens with zero attached hydrogens (tertiary/aromatic N) is 1. The molecule has 1 saturated heterocycles. The lowest BCUT2D eigenvalue weighted by Crippen LogP contribution is -2.54. The number of allylic oxidation sites excluding steroid dienone is 1. The van der Waals surface area contributed by atoms with Crippen molar-refractivity contribution in [1.82, 2.24) is 5.32 Å². The zero-order chi connectivity index (χ0) is 27.2. The number of carbonyl (C=O) groups excluding carboxylic acids is 3. The van der Waals surface area contributed by atoms with Crippen LogP contribution in [0.2, 0.25) is 0 Å². The highest BCUT2D eigenvalue weighted by molar-refractivity contribution is 9.10. The quantitative estimate of drug-likeness (QED) is 0.162. The van der Waals surface area contributed by atoms with Gasteiger partial charge in [0.05, 0.1) is 12.3 Å². The molecular weight excluding hydrogens is 616 g/mol. The fraction of sp³-hybridized carbons (Fsp3) is 0.138. The van der Waals surface area contributed by atoms with Crippen molar-refractivity contribution in [1.29, 1.82) is 0 Å². The topological polar surface area (TPSA) is 84.9 Å². The number of nitrogens with one attached hydrogen (secondary N) is 1. The number of hydrogen-bond donors (Lipinski definition) is 1. The molecule has 1 N–H and O–H groups in total. The third-order valence-electron chi connectivity index (χ3n) is 5.61. The minimum absolute atomic E-state index is 0.178. The van der Waals surface area contributed by atoms with Crippen LogP contribution in [0.15, 0.2) is 87.8 Å². The van der Waals surface area contributed by atoms with E-state index >= 15 is 0 Å². The van der Waals surface area contributed by atoms with Crippen LogP contribution >= 0.6 is 31.9 Å². The van der Waals surface area contributed by atoms with Crippen LogP contribution in [0.3, 0.4) is 0 Å². The first kappa shape index (κ1) is 27.3. The fourth-order valence-electron chi connectivity index (χ4n) is 3.89. The van der Waals surface area contributed by atoms with Gasteiger partial charge in [0.15, 0.2) is 11.5 Å². The van der Waals surface area contributed by atoms with Crippen LogP contribution in [0.4, 0.5) is 10.5 Å². The number of carbonyl (C=O) groups is 3. The zero-order valence-electron chi connectivity index (χ0n) is 20.5. The summed E-state index contributed by atoms with van der Waals surface area (Å²) in [5.74, 6) is -0.463. The Balaban J connectivity index is 1.71. The molecule has 4 rings (SSSR count). The summed E-state index contributed by atoms with van der Waals surface area (Å²) in [4.78, 5) is 39.4. The van der Waals surface area contributed by atoms with Crippen molar-refractivity contribution < 1.29 is 23.9 Å². The van der Waals surface area contributed by atoms with E-state index in [0.29, 0.717) is 42.4 Å². The average Bonchev–Trinajstić information content (AvgIpc) is 2.88. The fourth-order valence-corrected chi connectivity index (χ4v) is 4.41. The summed E-state index contributed by atoms with van der Waals surface area (Å²) in [6.45, 7) is 6.41. The van der Waals surface area contributed by atoms with Gasteiger partial charge in [0.2, 0.25) is 0 Å². The SMILES string of the molecule is C=CCc1cc(/C=C2\C(=O)NC(=O)N(c3ccc(Br)cc3)C2=O)cc(OCC)c1OCc1ccc(Br)cc1. The molecule has 38 heavy (non-hydrogen) atoms. The van der Waals surface area contributed by atoms with Crippen LogP contribution in [-0.4, -0.2) is 24.5 Å². The number of imide groups is 2. The highest BCUT2D eigenvalue weighted by Gasteiger charge is 2.36. The number of anilines is 1. The number of urea groups is 1. The third kappa shape index (κ3) is 6.23. The smallest absolute Gasteiger partial charge is 0.335 e. The standard InChI is InChI=1S/C29H24Br2N2O5/c1-3-5-20-14-19(16-25(37-4-2)26(20)38-17-18-6-8-21(30)9-7-18)15-24-27(34)32-29(36)33(28(24)35)23-12-10-22(31)11-13-23/h3,6-16H,1,4-5,17H2,2H3,(H,32,34,36)/b24-15+. The maximum absolute atomic E-state index is 13.3. The molecule has 0 aromatic heterocycles. The van der Waals surface area contributed by atoms with E-state index in [0.717, 1.165) is 25.0 Å². The summed E-state index contributed by atoms with van der Waals surface area (Å²) >= 11 is 6.77. The Hall–Kier alpha value is -3.69. The van der Waals surface area contributed by atoms with E-state index in [1.807, 2.05) is 37.3 Å². The van der Waals surface area contributed by atoms with Crippen LogP contribution in [0.25, 0.3) is 6.08 Å². The molecule has 1 heterocycles. The molecule has 7 nitrogen and oxygen atoms in total. The number of rotatable bonds is 9. The van der Waals surface area contributed by atoms with Gasteiger partial charge in [0.25, 0.3) is 11.8 Å². The normalized spacial score (nSPS) is 14.4. The van der Waals surface area contributed by atoms with Crippen LogP contribution in [-0.2, 0) is 22.6 Å². The number of amides is 4. The Labute approximate surface area is 237 Å². The van der Waals surface area contributed by atoms with Crippen molar-refractivity contribution in [3.8, 4) is 11.5 Å². The molecule has 0 unspecified atom stereocenters. The molecule has 1 aliphatic rings. The van der Waals surface area contributed by atoms with Crippen LogP contribution in [0, 0.1) is 0 Å². The predicted octanol–water partition coefficient (Wildman–Crippen LogP) is 6.58. The first-order chi connectivity index (χ1) is 18.3. The Morgan fingerprint density at radius 2 is 1.61 bits per heavy atom. The van der Waals surface area contributed by atoms with E-state index in [1.54, 1.807) is 36.4 Å². The van der Waals surface area contributed by atoms with Crippen LogP contribution in [0.5, 0.6) is 11.5 Å². The Morgan fingerprint density at radius 1 is 0.947 bits per heavy atom. The maximum Gasteiger partial charge on any atom is 0.335 e. The Bertz CT molecular complexity index is 1420. The molecule has 3 aromatic rings. The largest absolute Gasteiger partial charge is 0.490 e. The lowest BCUT2D eigenvalue weighted by Gasteiger charge is -2.26. The van der Waals surface area contributed by atoms with Crippen molar-refractivity contribution in [2.24, 2.45) is 0 Å². The highest BCUT2D eigenvalue weighted by atomic mass is 79.9. The Kier molecular flexibility index (Phi) is 8.81. The van der Waals surface area contributed by atoms with Gasteiger partial charge < -0.3 is 9.47 Å². The molecule has 9 heteroatoms. The second-order valence-electron chi connectivity index (χ2n) is 8.28. The second-order valence-corrected chi connectivity index (χ2v) is 10.1. The number of halogens is 2. The van der Waals surface area contributed by atoms with E-state index < -0.39 is 17.8 Å². The summed E-state index contributed by atoms with van der Waals surface area (Å²) in [6.07, 6.45) is 3.65. The average molecular weight is 640 g/mol. The molecule has 0 aliphatic carbocycles. The molecule has 0 saturated carbocycles. The van der Waals surface area contributed by atoms with Crippen LogP contribution in [0.1, 0.15) is 23.6 Å². The van der Waals surface area contributed by atoms with E-state index in [4.69, 9.17) is 9.47 Å². The van der Waals surface area contributed by atoms with Gasteiger partial charge in [-0.15, -0.1) is 6.58 Å². The number of benzene rings is 3. The predicted molar refractivity (Wildman–Crippen MR) is 153 cm³/mol. The van der Waals surface area contributed by atoms with Crippen molar-refractivity contribution in [2.45, 2.75) is 20.0 Å². The van der Waals surface area contributed by atoms with Gasteiger partial charge in [-0.3, -0.25) is 14.9 Å². The number of ether oxygens (including phenoxy) is 2. The number of barbiturate groups is 1. The highest BCUT2D eigenvalue weighted by Crippen LogP contribution is 2.36. The summed E-state index contributed by atoms with van der Waals surface area (Å²) in [5.41, 5.74) is 2.47. The van der Waals surface area contributed by atoms with E-state index in [-0.39, 0.29) is 5.57 Å². The second kappa shape index (κ2) is 12.2. The van der Waals surface area contributed by atoms with Gasteiger partial charge in [-0.2, -0.15) is 0 Å². The van der Waals surface area contributed by atoms with Gasteiger partial charge in [0, 0.05) is 14.5 Å². The van der Waals surface area contributed by atoms with Gasteiger partial charge in [0.1, 0.15) is 12.2 Å². The summed E-state index contributed by atoms with van der Waals surface area (Å²) in [6, 6.07) is 17.2. The third-order valence-corrected chi connectivity index (χ3v) is 6.67. The first-order valence-electron chi connectivity index (χ1n) is 11.8. The van der Waals surface area contributed by atoms with Gasteiger partial charge >= 0.3 is 6.03 Å². The maximum atomic E-state index is 13.3. The minimum Gasteiger partial charge on any atom is -0.490 e. The molecule has 1 fully saturated rings. The molecule has 0 spiro atoms. The van der Waals surface area contributed by atoms with E-state index in [2.05, 4.69) is 43.8 Å². The molecule has 4 amide bonds. The Morgan fingerprint density at radius 3 is 2.24 bits per heavy atom. The molecule has 194 valence electrons. The monoisotopic (exact) mass is 638 g/mol. The van der Waals surface area contributed by atoms with E-state index in [9.17, 15) is 14.4 Å². The van der Waals surface area contributed by atoms with E-state index in [1.165, 1.54) is 6.08 Å². The van der Waals surface area contributed by atoms with Crippen molar-refractivity contribution in [3.05, 3.63) is 105 Å². The van der Waals surface area contributed by atoms with Gasteiger partial charge in [-0.1, -0.05) is 50.1 Å². The summed E-state index contributed by atoms with van der Waals surface area (Å²) in [5, 5.41) is 2.25. The lowest BCUT2D eigenvalue weighted by molar-refractivity contribution is -0.122. The van der Waals surface area contributed by atoms with Crippen LogP contribution < -0.4 is 19.7 Å². The van der Waals surface area contributed by atoms with Gasteiger partial charge in [-0.05, 0) is 79.1 Å². The minimum atomic E-state index is -0.807. The molecule has 3 aromatic carbocycles. The molecular formula is C29H24Br2N2O5.